The summed E-state index contributed by atoms with van der Waals surface area (Å²) >= 11 is 0. The highest BCUT2D eigenvalue weighted by atomic mass is 16.6. The largest absolute Gasteiger partial charge is 0.444 e. The number of ether oxygens (including phenoxy) is 1. The molecule has 5 heteroatoms. The number of rotatable bonds is 5. The summed E-state index contributed by atoms with van der Waals surface area (Å²) < 4.78 is 5.30. The first-order valence-corrected chi connectivity index (χ1v) is 8.29. The summed E-state index contributed by atoms with van der Waals surface area (Å²) in [4.78, 5) is 11.8. The SMILES string of the molecule is CC(C)(C)OC(=O)NC1CCC(NC(CO)c2ccccc2)C1. The summed E-state index contributed by atoms with van der Waals surface area (Å²) in [5.74, 6) is 0. The molecular weight excluding hydrogens is 292 g/mol. The van der Waals surface area contributed by atoms with E-state index in [4.69, 9.17) is 4.74 Å². The van der Waals surface area contributed by atoms with Crippen molar-refractivity contribution in [1.29, 1.82) is 0 Å². The lowest BCUT2D eigenvalue weighted by molar-refractivity contribution is 0.0505. The highest BCUT2D eigenvalue weighted by Gasteiger charge is 2.29. The van der Waals surface area contributed by atoms with Gasteiger partial charge in [0.15, 0.2) is 0 Å². The fourth-order valence-electron chi connectivity index (χ4n) is 2.96. The first kappa shape index (κ1) is 17.8. The minimum atomic E-state index is -0.477. The molecule has 128 valence electrons. The molecule has 0 aliphatic heterocycles. The number of benzene rings is 1. The number of aliphatic hydroxyl groups excluding tert-OH is 1. The van der Waals surface area contributed by atoms with Crippen molar-refractivity contribution in [3.63, 3.8) is 0 Å². The third kappa shape index (κ3) is 5.84. The number of amides is 1. The van der Waals surface area contributed by atoms with E-state index in [1.807, 2.05) is 51.1 Å². The molecule has 1 amide bonds. The van der Waals surface area contributed by atoms with Crippen molar-refractivity contribution in [2.45, 2.75) is 63.8 Å². The van der Waals surface area contributed by atoms with E-state index < -0.39 is 5.60 Å². The fraction of sp³-hybridized carbons (Fsp3) is 0.611. The van der Waals surface area contributed by atoms with Crippen LogP contribution < -0.4 is 10.6 Å². The van der Waals surface area contributed by atoms with Crippen LogP contribution in [-0.2, 0) is 4.74 Å². The third-order valence-electron chi connectivity index (χ3n) is 3.97. The summed E-state index contributed by atoms with van der Waals surface area (Å²) in [6.45, 7) is 5.64. The summed E-state index contributed by atoms with van der Waals surface area (Å²) in [7, 11) is 0. The van der Waals surface area contributed by atoms with Crippen molar-refractivity contribution >= 4 is 6.09 Å². The van der Waals surface area contributed by atoms with E-state index >= 15 is 0 Å². The standard InChI is InChI=1S/C18H28N2O3/c1-18(2,3)23-17(22)20-15-10-9-14(11-15)19-16(12-21)13-7-5-4-6-8-13/h4-8,14-16,19,21H,9-12H2,1-3H3,(H,20,22). The van der Waals surface area contributed by atoms with Crippen LogP contribution in [-0.4, -0.2) is 35.5 Å². The van der Waals surface area contributed by atoms with Gasteiger partial charge in [0.1, 0.15) is 5.60 Å². The van der Waals surface area contributed by atoms with Crippen LogP contribution in [0.2, 0.25) is 0 Å². The maximum absolute atomic E-state index is 11.8. The van der Waals surface area contributed by atoms with E-state index in [1.165, 1.54) is 0 Å². The monoisotopic (exact) mass is 320 g/mol. The lowest BCUT2D eigenvalue weighted by Gasteiger charge is -2.23. The number of nitrogens with one attached hydrogen (secondary N) is 2. The number of carbonyl (C=O) groups excluding carboxylic acids is 1. The number of hydrogen-bond donors (Lipinski definition) is 3. The molecule has 3 atom stereocenters. The zero-order valence-electron chi connectivity index (χ0n) is 14.2. The molecule has 0 bridgehead atoms. The van der Waals surface area contributed by atoms with E-state index in [0.29, 0.717) is 0 Å². The molecule has 1 fully saturated rings. The van der Waals surface area contributed by atoms with Gasteiger partial charge in [0.05, 0.1) is 12.6 Å². The quantitative estimate of drug-likeness (QED) is 0.780. The molecular formula is C18H28N2O3. The topological polar surface area (TPSA) is 70.6 Å². The van der Waals surface area contributed by atoms with Crippen molar-refractivity contribution in [2.75, 3.05) is 6.61 Å². The molecule has 23 heavy (non-hydrogen) atoms. The Morgan fingerprint density at radius 1 is 1.26 bits per heavy atom. The Morgan fingerprint density at radius 3 is 2.52 bits per heavy atom. The summed E-state index contributed by atoms with van der Waals surface area (Å²) in [6, 6.07) is 10.3. The molecule has 1 aliphatic carbocycles. The van der Waals surface area contributed by atoms with Crippen LogP contribution in [0.5, 0.6) is 0 Å². The molecule has 1 aromatic rings. The second-order valence-electron chi connectivity index (χ2n) is 7.17. The Bertz CT molecular complexity index is 499. The van der Waals surface area contributed by atoms with Crippen molar-refractivity contribution in [3.05, 3.63) is 35.9 Å². The zero-order valence-corrected chi connectivity index (χ0v) is 14.2. The first-order chi connectivity index (χ1) is 10.9. The molecule has 0 heterocycles. The Labute approximate surface area is 138 Å². The molecule has 0 spiro atoms. The Morgan fingerprint density at radius 2 is 1.91 bits per heavy atom. The van der Waals surface area contributed by atoms with Crippen LogP contribution in [0.4, 0.5) is 4.79 Å². The fourth-order valence-corrected chi connectivity index (χ4v) is 2.96. The molecule has 1 aromatic carbocycles. The van der Waals surface area contributed by atoms with E-state index in [9.17, 15) is 9.90 Å². The molecule has 0 radical (unpaired) electrons. The van der Waals surface area contributed by atoms with E-state index in [0.717, 1.165) is 24.8 Å². The van der Waals surface area contributed by atoms with Gasteiger partial charge in [-0.1, -0.05) is 30.3 Å². The van der Waals surface area contributed by atoms with Gasteiger partial charge in [0.2, 0.25) is 0 Å². The van der Waals surface area contributed by atoms with E-state index in [1.54, 1.807) is 0 Å². The van der Waals surface area contributed by atoms with Gasteiger partial charge in [-0.05, 0) is 45.6 Å². The Hall–Kier alpha value is -1.59. The molecule has 5 nitrogen and oxygen atoms in total. The van der Waals surface area contributed by atoms with Crippen LogP contribution in [0.1, 0.15) is 51.6 Å². The van der Waals surface area contributed by atoms with Crippen LogP contribution >= 0.6 is 0 Å². The van der Waals surface area contributed by atoms with Crippen LogP contribution in [0.3, 0.4) is 0 Å². The Kier molecular flexibility index (Phi) is 6.02. The highest BCUT2D eigenvalue weighted by molar-refractivity contribution is 5.68. The molecule has 3 N–H and O–H groups in total. The smallest absolute Gasteiger partial charge is 0.407 e. The molecule has 2 rings (SSSR count). The minimum absolute atomic E-state index is 0.0602. The lowest BCUT2D eigenvalue weighted by Crippen LogP contribution is -2.39. The van der Waals surface area contributed by atoms with E-state index in [-0.39, 0.29) is 30.8 Å². The first-order valence-electron chi connectivity index (χ1n) is 8.29. The molecule has 1 saturated carbocycles. The van der Waals surface area contributed by atoms with Crippen molar-refractivity contribution in [3.8, 4) is 0 Å². The second kappa shape index (κ2) is 7.79. The highest BCUT2D eigenvalue weighted by Crippen LogP contribution is 2.23. The maximum atomic E-state index is 11.8. The number of aliphatic hydroxyl groups is 1. The maximum Gasteiger partial charge on any atom is 0.407 e. The van der Waals surface area contributed by atoms with Gasteiger partial charge in [-0.2, -0.15) is 0 Å². The number of alkyl carbamates (subject to hydrolysis) is 1. The van der Waals surface area contributed by atoms with Crippen LogP contribution in [0.25, 0.3) is 0 Å². The van der Waals surface area contributed by atoms with E-state index in [2.05, 4.69) is 10.6 Å². The van der Waals surface area contributed by atoms with Gasteiger partial charge in [-0.25, -0.2) is 4.79 Å². The van der Waals surface area contributed by atoms with Crippen LogP contribution in [0, 0.1) is 0 Å². The van der Waals surface area contributed by atoms with Gasteiger partial charge in [-0.3, -0.25) is 0 Å². The normalized spacial score (nSPS) is 22.6. The molecule has 3 unspecified atom stereocenters. The second-order valence-corrected chi connectivity index (χ2v) is 7.17. The minimum Gasteiger partial charge on any atom is -0.444 e. The molecule has 0 aromatic heterocycles. The van der Waals surface area contributed by atoms with Crippen molar-refractivity contribution in [2.24, 2.45) is 0 Å². The third-order valence-corrected chi connectivity index (χ3v) is 3.97. The predicted molar refractivity (Wildman–Crippen MR) is 90.2 cm³/mol. The van der Waals surface area contributed by atoms with Gasteiger partial charge < -0.3 is 20.5 Å². The zero-order chi connectivity index (χ0) is 16.9. The van der Waals surface area contributed by atoms with Gasteiger partial charge in [-0.15, -0.1) is 0 Å². The van der Waals surface area contributed by atoms with Crippen LogP contribution in [0.15, 0.2) is 30.3 Å². The molecule has 0 saturated heterocycles. The summed E-state index contributed by atoms with van der Waals surface area (Å²) in [6.07, 6.45) is 2.39. The van der Waals surface area contributed by atoms with Gasteiger partial charge in [0, 0.05) is 12.1 Å². The van der Waals surface area contributed by atoms with Crippen molar-refractivity contribution in [1.82, 2.24) is 10.6 Å². The average Bonchev–Trinajstić information content (AvgIpc) is 2.90. The van der Waals surface area contributed by atoms with Gasteiger partial charge in [0.25, 0.3) is 0 Å². The molecule has 1 aliphatic rings. The lowest BCUT2D eigenvalue weighted by atomic mass is 10.1. The average molecular weight is 320 g/mol. The number of carbonyl (C=O) groups is 1. The van der Waals surface area contributed by atoms with Crippen molar-refractivity contribution < 1.29 is 14.6 Å². The number of hydrogen-bond acceptors (Lipinski definition) is 4. The summed E-state index contributed by atoms with van der Waals surface area (Å²) in [5, 5.41) is 16.1. The predicted octanol–water partition coefficient (Wildman–Crippen LogP) is 2.76. The summed E-state index contributed by atoms with van der Waals surface area (Å²) in [5.41, 5.74) is 0.605. The Balaban J connectivity index is 1.82. The van der Waals surface area contributed by atoms with Gasteiger partial charge >= 0.3 is 6.09 Å².